The van der Waals surface area contributed by atoms with Crippen molar-refractivity contribution < 1.29 is 4.79 Å². The van der Waals surface area contributed by atoms with Gasteiger partial charge >= 0.3 is 0 Å². The van der Waals surface area contributed by atoms with Crippen LogP contribution in [0, 0.1) is 0 Å². The van der Waals surface area contributed by atoms with Crippen molar-refractivity contribution in [2.45, 2.75) is 26.2 Å². The predicted molar refractivity (Wildman–Crippen MR) is 89.9 cm³/mol. The molecular weight excluding hydrogens is 292 g/mol. The SMILES string of the molecule is CC(=O)Nc1ccc(Nc2nncc(N3CCCCC3)n2)cc1. The van der Waals surface area contributed by atoms with Crippen LogP contribution < -0.4 is 15.5 Å². The van der Waals surface area contributed by atoms with Gasteiger partial charge in [0.05, 0.1) is 6.20 Å². The molecule has 0 radical (unpaired) electrons. The zero-order valence-electron chi connectivity index (χ0n) is 13.1. The standard InChI is InChI=1S/C16H20N6O/c1-12(23)18-13-5-7-14(8-6-13)19-16-20-15(11-17-21-16)22-9-3-2-4-10-22/h5-8,11H,2-4,9-10H2,1H3,(H,18,23)(H,19,20,21). The molecule has 7 nitrogen and oxygen atoms in total. The third-order valence-electron chi connectivity index (χ3n) is 3.69. The molecule has 0 bridgehead atoms. The van der Waals surface area contributed by atoms with Crippen molar-refractivity contribution in [3.05, 3.63) is 30.5 Å². The fraction of sp³-hybridized carbons (Fsp3) is 0.375. The molecule has 0 saturated carbocycles. The number of carbonyl (C=O) groups excluding carboxylic acids is 1. The molecule has 3 rings (SSSR count). The number of carbonyl (C=O) groups is 1. The van der Waals surface area contributed by atoms with Crippen LogP contribution in [0.4, 0.5) is 23.1 Å². The quantitative estimate of drug-likeness (QED) is 0.903. The van der Waals surface area contributed by atoms with E-state index in [0.29, 0.717) is 5.95 Å². The summed E-state index contributed by atoms with van der Waals surface area (Å²) in [6.07, 6.45) is 5.37. The lowest BCUT2D eigenvalue weighted by Gasteiger charge is -2.27. The Bertz CT molecular complexity index is 667. The molecule has 0 aliphatic carbocycles. The number of hydrogen-bond donors (Lipinski definition) is 2. The van der Waals surface area contributed by atoms with Gasteiger partial charge in [-0.05, 0) is 43.5 Å². The van der Waals surface area contributed by atoms with Crippen molar-refractivity contribution in [1.29, 1.82) is 0 Å². The van der Waals surface area contributed by atoms with Gasteiger partial charge in [-0.3, -0.25) is 4.79 Å². The normalized spacial score (nSPS) is 14.4. The summed E-state index contributed by atoms with van der Waals surface area (Å²) in [6, 6.07) is 7.38. The average Bonchev–Trinajstić information content (AvgIpc) is 2.57. The van der Waals surface area contributed by atoms with Gasteiger partial charge in [-0.25, -0.2) is 0 Å². The Labute approximate surface area is 135 Å². The summed E-state index contributed by atoms with van der Waals surface area (Å²) in [4.78, 5) is 17.8. The predicted octanol–water partition coefficient (Wildman–Crippen LogP) is 2.56. The Morgan fingerprint density at radius 2 is 1.78 bits per heavy atom. The van der Waals surface area contributed by atoms with Gasteiger partial charge in [0.25, 0.3) is 0 Å². The van der Waals surface area contributed by atoms with Crippen molar-refractivity contribution in [2.75, 3.05) is 28.6 Å². The number of nitrogens with zero attached hydrogens (tertiary/aromatic N) is 4. The van der Waals surface area contributed by atoms with Crippen LogP contribution in [0.25, 0.3) is 0 Å². The molecule has 1 aromatic carbocycles. The van der Waals surface area contributed by atoms with Gasteiger partial charge in [0.2, 0.25) is 11.9 Å². The zero-order valence-corrected chi connectivity index (χ0v) is 13.1. The number of piperidine rings is 1. The van der Waals surface area contributed by atoms with Gasteiger partial charge < -0.3 is 15.5 Å². The van der Waals surface area contributed by atoms with Gasteiger partial charge in [0.1, 0.15) is 0 Å². The van der Waals surface area contributed by atoms with Gasteiger partial charge in [-0.2, -0.15) is 10.1 Å². The average molecular weight is 312 g/mol. The van der Waals surface area contributed by atoms with Gasteiger partial charge in [0, 0.05) is 31.4 Å². The largest absolute Gasteiger partial charge is 0.355 e. The highest BCUT2D eigenvalue weighted by Gasteiger charge is 2.13. The van der Waals surface area contributed by atoms with E-state index in [0.717, 1.165) is 30.3 Å². The highest BCUT2D eigenvalue weighted by Crippen LogP contribution is 2.20. The fourth-order valence-electron chi connectivity index (χ4n) is 2.59. The summed E-state index contributed by atoms with van der Waals surface area (Å²) < 4.78 is 0. The molecule has 2 aromatic rings. The topological polar surface area (TPSA) is 83.0 Å². The lowest BCUT2D eigenvalue weighted by molar-refractivity contribution is -0.114. The summed E-state index contributed by atoms with van der Waals surface area (Å²) in [5.41, 5.74) is 1.60. The van der Waals surface area contributed by atoms with E-state index in [1.54, 1.807) is 6.20 Å². The van der Waals surface area contributed by atoms with E-state index in [-0.39, 0.29) is 5.91 Å². The molecule has 1 aromatic heterocycles. The molecule has 0 spiro atoms. The summed E-state index contributed by atoms with van der Waals surface area (Å²) in [5, 5.41) is 13.9. The molecule has 1 saturated heterocycles. The van der Waals surface area contributed by atoms with E-state index in [1.165, 1.54) is 26.2 Å². The minimum Gasteiger partial charge on any atom is -0.355 e. The maximum atomic E-state index is 11.0. The van der Waals surface area contributed by atoms with Gasteiger partial charge in [0.15, 0.2) is 5.82 Å². The van der Waals surface area contributed by atoms with Crippen LogP contribution in [0.15, 0.2) is 30.5 Å². The van der Waals surface area contributed by atoms with Crippen LogP contribution in [0.1, 0.15) is 26.2 Å². The summed E-state index contributed by atoms with van der Waals surface area (Å²) in [6.45, 7) is 3.52. The molecule has 23 heavy (non-hydrogen) atoms. The monoisotopic (exact) mass is 312 g/mol. The number of hydrogen-bond acceptors (Lipinski definition) is 6. The molecule has 7 heteroatoms. The number of benzene rings is 1. The van der Waals surface area contributed by atoms with Crippen LogP contribution in [0.3, 0.4) is 0 Å². The fourth-order valence-corrected chi connectivity index (χ4v) is 2.59. The maximum absolute atomic E-state index is 11.0. The van der Waals surface area contributed by atoms with E-state index >= 15 is 0 Å². The van der Waals surface area contributed by atoms with E-state index in [4.69, 9.17) is 0 Å². The summed E-state index contributed by atoms with van der Waals surface area (Å²) in [7, 11) is 0. The maximum Gasteiger partial charge on any atom is 0.249 e. The number of nitrogens with one attached hydrogen (secondary N) is 2. The highest BCUT2D eigenvalue weighted by molar-refractivity contribution is 5.88. The number of amides is 1. The van der Waals surface area contributed by atoms with Gasteiger partial charge in [-0.1, -0.05) is 0 Å². The first-order chi connectivity index (χ1) is 11.2. The Kier molecular flexibility index (Phi) is 4.65. The number of aromatic nitrogens is 3. The molecular formula is C16H20N6O. The first-order valence-corrected chi connectivity index (χ1v) is 7.80. The summed E-state index contributed by atoms with van der Waals surface area (Å²) >= 11 is 0. The first kappa shape index (κ1) is 15.2. The molecule has 120 valence electrons. The smallest absolute Gasteiger partial charge is 0.249 e. The number of anilines is 4. The van der Waals surface area contributed by atoms with Gasteiger partial charge in [-0.15, -0.1) is 5.10 Å². The zero-order chi connectivity index (χ0) is 16.1. The Hall–Kier alpha value is -2.70. The van der Waals surface area contributed by atoms with E-state index in [1.807, 2.05) is 24.3 Å². The van der Waals surface area contributed by atoms with Crippen LogP contribution in [-0.2, 0) is 4.79 Å². The summed E-state index contributed by atoms with van der Waals surface area (Å²) in [5.74, 6) is 1.24. The second-order valence-corrected chi connectivity index (χ2v) is 5.57. The molecule has 0 unspecified atom stereocenters. The molecule has 2 heterocycles. The van der Waals surface area contributed by atoms with Crippen molar-refractivity contribution >= 4 is 29.0 Å². The molecule has 0 atom stereocenters. The van der Waals surface area contributed by atoms with E-state index < -0.39 is 0 Å². The minimum absolute atomic E-state index is 0.0903. The van der Waals surface area contributed by atoms with E-state index in [2.05, 4.69) is 30.7 Å². The van der Waals surface area contributed by atoms with Crippen molar-refractivity contribution in [1.82, 2.24) is 15.2 Å². The number of rotatable bonds is 4. The molecule has 1 aliphatic rings. The third-order valence-corrected chi connectivity index (χ3v) is 3.69. The molecule has 1 aliphatic heterocycles. The second-order valence-electron chi connectivity index (χ2n) is 5.57. The third kappa shape index (κ3) is 4.15. The molecule has 1 fully saturated rings. The van der Waals surface area contributed by atoms with Crippen molar-refractivity contribution in [3.63, 3.8) is 0 Å². The molecule has 2 N–H and O–H groups in total. The Morgan fingerprint density at radius 3 is 2.48 bits per heavy atom. The Balaban J connectivity index is 1.68. The lowest BCUT2D eigenvalue weighted by atomic mass is 10.1. The molecule has 1 amide bonds. The highest BCUT2D eigenvalue weighted by atomic mass is 16.1. The van der Waals surface area contributed by atoms with Crippen LogP contribution >= 0.6 is 0 Å². The van der Waals surface area contributed by atoms with Crippen molar-refractivity contribution in [2.24, 2.45) is 0 Å². The van der Waals surface area contributed by atoms with Crippen LogP contribution in [0.2, 0.25) is 0 Å². The van der Waals surface area contributed by atoms with E-state index in [9.17, 15) is 4.79 Å². The van der Waals surface area contributed by atoms with Crippen LogP contribution in [-0.4, -0.2) is 34.2 Å². The second kappa shape index (κ2) is 7.04. The lowest BCUT2D eigenvalue weighted by Crippen LogP contribution is -2.30. The van der Waals surface area contributed by atoms with Crippen LogP contribution in [0.5, 0.6) is 0 Å². The minimum atomic E-state index is -0.0903. The van der Waals surface area contributed by atoms with Crippen molar-refractivity contribution in [3.8, 4) is 0 Å². The first-order valence-electron chi connectivity index (χ1n) is 7.80. The Morgan fingerprint density at radius 1 is 1.09 bits per heavy atom.